The molecule has 0 saturated carbocycles. The van der Waals surface area contributed by atoms with E-state index in [0.717, 1.165) is 22.3 Å². The third-order valence-electron chi connectivity index (χ3n) is 5.19. The van der Waals surface area contributed by atoms with Crippen molar-refractivity contribution < 1.29 is 33.7 Å². The Hall–Kier alpha value is -3.39. The van der Waals surface area contributed by atoms with Gasteiger partial charge in [0.15, 0.2) is 6.04 Å². The average Bonchev–Trinajstić information content (AvgIpc) is 3.10. The third-order valence-corrected chi connectivity index (χ3v) is 5.19. The van der Waals surface area contributed by atoms with Crippen LogP contribution in [-0.2, 0) is 23.8 Å². The Morgan fingerprint density at radius 1 is 1.00 bits per heavy atom. The summed E-state index contributed by atoms with van der Waals surface area (Å²) in [5, 5.41) is 11.6. The molecule has 0 aliphatic heterocycles. The van der Waals surface area contributed by atoms with Gasteiger partial charge in [0.2, 0.25) is 0 Å². The molecule has 0 bridgehead atoms. The normalized spacial score (nSPS) is 14.1. The number of aliphatic carboxylic acids is 1. The molecule has 0 spiro atoms. The first kappa shape index (κ1) is 22.3. The van der Waals surface area contributed by atoms with E-state index < -0.39 is 30.0 Å². The standard InChI is InChI=1S/C23H25NO7/c1-14(22(27)29-2)11-30-13-20(21(25)26)24-23(28)31-12-19-17-9-5-3-7-15(17)16-8-4-6-10-18(16)19/h3-10,14,19-20H,11-13H2,1-2H3,(H,24,28)(H,25,26). The minimum absolute atomic E-state index is 0.0250. The number of carbonyl (C=O) groups is 3. The van der Waals surface area contributed by atoms with Gasteiger partial charge in [0.25, 0.3) is 0 Å². The van der Waals surface area contributed by atoms with Crippen molar-refractivity contribution in [2.24, 2.45) is 5.92 Å². The van der Waals surface area contributed by atoms with Crippen molar-refractivity contribution in [2.45, 2.75) is 18.9 Å². The van der Waals surface area contributed by atoms with E-state index in [1.54, 1.807) is 6.92 Å². The SMILES string of the molecule is COC(=O)C(C)COCC(NC(=O)OCC1c2ccccc2-c2ccccc21)C(=O)O. The van der Waals surface area contributed by atoms with Crippen LogP contribution in [0.25, 0.3) is 11.1 Å². The number of amides is 1. The number of benzene rings is 2. The molecular weight excluding hydrogens is 402 g/mol. The Morgan fingerprint density at radius 3 is 2.13 bits per heavy atom. The maximum absolute atomic E-state index is 12.3. The van der Waals surface area contributed by atoms with Crippen molar-refractivity contribution in [3.8, 4) is 11.1 Å². The molecule has 8 heteroatoms. The summed E-state index contributed by atoms with van der Waals surface area (Å²) in [5.41, 5.74) is 4.32. The first-order chi connectivity index (χ1) is 14.9. The summed E-state index contributed by atoms with van der Waals surface area (Å²) in [7, 11) is 1.26. The van der Waals surface area contributed by atoms with Gasteiger partial charge in [-0.2, -0.15) is 0 Å². The molecule has 0 aromatic heterocycles. The van der Waals surface area contributed by atoms with Crippen molar-refractivity contribution in [3.63, 3.8) is 0 Å². The summed E-state index contributed by atoms with van der Waals surface area (Å²) in [6.45, 7) is 1.34. The zero-order valence-electron chi connectivity index (χ0n) is 17.4. The number of carbonyl (C=O) groups excluding carboxylic acids is 2. The third kappa shape index (κ3) is 5.21. The zero-order chi connectivity index (χ0) is 22.4. The molecule has 2 unspecified atom stereocenters. The number of hydrogen-bond acceptors (Lipinski definition) is 6. The number of ether oxygens (including phenoxy) is 3. The quantitative estimate of drug-likeness (QED) is 0.592. The fourth-order valence-electron chi connectivity index (χ4n) is 3.59. The van der Waals surface area contributed by atoms with Gasteiger partial charge in [0, 0.05) is 5.92 Å². The molecule has 3 rings (SSSR count). The molecule has 0 saturated heterocycles. The molecule has 2 aromatic rings. The van der Waals surface area contributed by atoms with E-state index in [1.165, 1.54) is 7.11 Å². The molecule has 0 radical (unpaired) electrons. The Morgan fingerprint density at radius 2 is 1.58 bits per heavy atom. The second kappa shape index (κ2) is 10.1. The molecule has 2 atom stereocenters. The van der Waals surface area contributed by atoms with Gasteiger partial charge in [0.05, 0.1) is 26.2 Å². The molecule has 0 fully saturated rings. The molecular formula is C23H25NO7. The number of alkyl carbamates (subject to hydrolysis) is 1. The maximum Gasteiger partial charge on any atom is 0.407 e. The second-order valence-electron chi connectivity index (χ2n) is 7.32. The van der Waals surface area contributed by atoms with Crippen LogP contribution in [0.15, 0.2) is 48.5 Å². The van der Waals surface area contributed by atoms with Crippen LogP contribution >= 0.6 is 0 Å². The lowest BCUT2D eigenvalue weighted by molar-refractivity contribution is -0.147. The highest BCUT2D eigenvalue weighted by Gasteiger charge is 2.30. The fourth-order valence-corrected chi connectivity index (χ4v) is 3.59. The fraction of sp³-hybridized carbons (Fsp3) is 0.348. The topological polar surface area (TPSA) is 111 Å². The number of nitrogens with one attached hydrogen (secondary N) is 1. The number of esters is 1. The van der Waals surface area contributed by atoms with Gasteiger partial charge in [0.1, 0.15) is 6.61 Å². The van der Waals surface area contributed by atoms with Crippen LogP contribution in [0.4, 0.5) is 4.79 Å². The van der Waals surface area contributed by atoms with E-state index in [2.05, 4.69) is 10.1 Å². The number of carboxylic acid groups (broad SMARTS) is 1. The Balaban J connectivity index is 1.56. The monoisotopic (exact) mass is 427 g/mol. The van der Waals surface area contributed by atoms with Crippen molar-refractivity contribution >= 4 is 18.0 Å². The molecule has 1 aliphatic carbocycles. The van der Waals surface area contributed by atoms with Crippen molar-refractivity contribution in [3.05, 3.63) is 59.7 Å². The predicted octanol–water partition coefficient (Wildman–Crippen LogP) is 2.80. The Labute approximate surface area is 180 Å². The van der Waals surface area contributed by atoms with Gasteiger partial charge < -0.3 is 24.6 Å². The summed E-state index contributed by atoms with van der Waals surface area (Å²) in [6.07, 6.45) is -0.848. The van der Waals surface area contributed by atoms with Crippen LogP contribution < -0.4 is 5.32 Å². The first-order valence-electron chi connectivity index (χ1n) is 9.92. The first-order valence-corrected chi connectivity index (χ1v) is 9.92. The van der Waals surface area contributed by atoms with E-state index in [4.69, 9.17) is 9.47 Å². The van der Waals surface area contributed by atoms with Gasteiger partial charge in [-0.25, -0.2) is 9.59 Å². The summed E-state index contributed by atoms with van der Waals surface area (Å²) in [5.74, 6) is -2.40. The average molecular weight is 427 g/mol. The molecule has 8 nitrogen and oxygen atoms in total. The van der Waals surface area contributed by atoms with E-state index in [-0.39, 0.29) is 25.7 Å². The molecule has 1 aliphatic rings. The maximum atomic E-state index is 12.3. The Bertz CT molecular complexity index is 913. The smallest absolute Gasteiger partial charge is 0.407 e. The van der Waals surface area contributed by atoms with Crippen LogP contribution in [0.3, 0.4) is 0 Å². The van der Waals surface area contributed by atoms with Gasteiger partial charge in [-0.15, -0.1) is 0 Å². The summed E-state index contributed by atoms with van der Waals surface area (Å²) in [6, 6.07) is 14.5. The number of fused-ring (bicyclic) bond motifs is 3. The minimum Gasteiger partial charge on any atom is -0.480 e. The van der Waals surface area contributed by atoms with E-state index >= 15 is 0 Å². The summed E-state index contributed by atoms with van der Waals surface area (Å²) < 4.78 is 15.2. The molecule has 2 aromatic carbocycles. The van der Waals surface area contributed by atoms with Crippen molar-refractivity contribution in [1.29, 1.82) is 0 Å². The largest absolute Gasteiger partial charge is 0.480 e. The van der Waals surface area contributed by atoms with Gasteiger partial charge in [-0.3, -0.25) is 4.79 Å². The van der Waals surface area contributed by atoms with E-state index in [9.17, 15) is 19.5 Å². The number of methoxy groups -OCH3 is 1. The lowest BCUT2D eigenvalue weighted by Gasteiger charge is -2.18. The highest BCUT2D eigenvalue weighted by molar-refractivity contribution is 5.81. The Kier molecular flexibility index (Phi) is 7.25. The van der Waals surface area contributed by atoms with E-state index in [0.29, 0.717) is 0 Å². The van der Waals surface area contributed by atoms with Crippen molar-refractivity contribution in [1.82, 2.24) is 5.32 Å². The van der Waals surface area contributed by atoms with Crippen LogP contribution in [0.2, 0.25) is 0 Å². The van der Waals surface area contributed by atoms with Crippen LogP contribution in [0, 0.1) is 5.92 Å². The lowest BCUT2D eigenvalue weighted by Crippen LogP contribution is -2.44. The zero-order valence-corrected chi connectivity index (χ0v) is 17.4. The van der Waals surface area contributed by atoms with Gasteiger partial charge in [-0.05, 0) is 29.2 Å². The molecule has 1 amide bonds. The number of carboxylic acids is 1. The molecule has 2 N–H and O–H groups in total. The molecule has 31 heavy (non-hydrogen) atoms. The number of hydrogen-bond donors (Lipinski definition) is 2. The van der Waals surface area contributed by atoms with E-state index in [1.807, 2.05) is 48.5 Å². The predicted molar refractivity (Wildman–Crippen MR) is 112 cm³/mol. The van der Waals surface area contributed by atoms with Crippen LogP contribution in [-0.4, -0.2) is 56.1 Å². The van der Waals surface area contributed by atoms with Crippen LogP contribution in [0.1, 0.15) is 24.0 Å². The van der Waals surface area contributed by atoms with Gasteiger partial charge >= 0.3 is 18.0 Å². The summed E-state index contributed by atoms with van der Waals surface area (Å²) >= 11 is 0. The van der Waals surface area contributed by atoms with Gasteiger partial charge in [-0.1, -0.05) is 48.5 Å². The van der Waals surface area contributed by atoms with Crippen molar-refractivity contribution in [2.75, 3.05) is 26.9 Å². The molecule has 0 heterocycles. The highest BCUT2D eigenvalue weighted by Crippen LogP contribution is 2.44. The number of rotatable bonds is 9. The lowest BCUT2D eigenvalue weighted by atomic mass is 9.98. The summed E-state index contributed by atoms with van der Waals surface area (Å²) in [4.78, 5) is 35.1. The second-order valence-corrected chi connectivity index (χ2v) is 7.32. The minimum atomic E-state index is -1.31. The highest BCUT2D eigenvalue weighted by atomic mass is 16.6. The van der Waals surface area contributed by atoms with Crippen LogP contribution in [0.5, 0.6) is 0 Å². The molecule has 164 valence electrons.